The monoisotopic (exact) mass is 740 g/mol. The fourth-order valence-electron chi connectivity index (χ4n) is 8.95. The number of fused-ring (bicyclic) bond motifs is 6. The third kappa shape index (κ3) is 5.98. The standard InChI is InChI=1S/C45H40B8N4O/c46-34-32-33-35(47)37(49)39(51)41(53)43(33)57(42(32)40(52)38(50)36(34)48)28-16-8-7-15-26(28)24-18-19-29-27(20-24)31-25(14-9-17-30(31)58-29)21-55-45(23-12-5-2-6-13-23)56-44(54)22-10-3-1-4-11-22/h1-20H,21,46-53H2,(H2,54,55,56). The molecule has 9 rings (SSSR count). The zero-order valence-corrected chi connectivity index (χ0v) is 34.6. The van der Waals surface area contributed by atoms with E-state index in [1.807, 2.05) is 72.8 Å². The Hall–Kier alpha value is -6.20. The smallest absolute Gasteiger partial charge is 0.157 e. The molecule has 7 aromatic carbocycles. The Labute approximate surface area is 346 Å². The number of hydrogen-bond donors (Lipinski definition) is 1. The molecule has 0 saturated carbocycles. The zero-order chi connectivity index (χ0) is 40.4. The van der Waals surface area contributed by atoms with Gasteiger partial charge in [-0.15, -0.1) is 10.9 Å². The van der Waals surface area contributed by atoms with Gasteiger partial charge in [0, 0.05) is 38.5 Å². The second-order valence-electron chi connectivity index (χ2n) is 15.8. The van der Waals surface area contributed by atoms with Crippen molar-refractivity contribution < 1.29 is 4.42 Å². The summed E-state index contributed by atoms with van der Waals surface area (Å²) in [5.41, 5.74) is 27.9. The van der Waals surface area contributed by atoms with Crippen molar-refractivity contribution in [3.05, 3.63) is 138 Å². The summed E-state index contributed by atoms with van der Waals surface area (Å²) in [6.45, 7) is 0.402. The highest BCUT2D eigenvalue weighted by molar-refractivity contribution is 6.71. The third-order valence-corrected chi connectivity index (χ3v) is 12.8. The van der Waals surface area contributed by atoms with E-state index in [1.165, 1.54) is 65.5 Å². The molecule has 0 aliphatic carbocycles. The molecule has 0 amide bonds. The van der Waals surface area contributed by atoms with E-state index in [4.69, 9.17) is 20.1 Å². The highest BCUT2D eigenvalue weighted by atomic mass is 16.3. The second-order valence-corrected chi connectivity index (χ2v) is 15.8. The van der Waals surface area contributed by atoms with Crippen LogP contribution >= 0.6 is 0 Å². The molecule has 0 bridgehead atoms. The summed E-state index contributed by atoms with van der Waals surface area (Å²) >= 11 is 0. The number of furan rings is 1. The van der Waals surface area contributed by atoms with Gasteiger partial charge in [0.15, 0.2) is 5.84 Å². The first-order valence-electron chi connectivity index (χ1n) is 20.1. The third-order valence-electron chi connectivity index (χ3n) is 12.8. The van der Waals surface area contributed by atoms with Crippen LogP contribution in [0.3, 0.4) is 0 Å². The minimum Gasteiger partial charge on any atom is -0.456 e. The molecule has 0 aliphatic heterocycles. The Morgan fingerprint density at radius 2 is 1.10 bits per heavy atom. The number of nitrogens with two attached hydrogens (primary N) is 1. The number of benzene rings is 7. The predicted octanol–water partition coefficient (Wildman–Crippen LogP) is -3.23. The highest BCUT2D eigenvalue weighted by Crippen LogP contribution is 2.38. The minimum absolute atomic E-state index is 0.402. The summed E-state index contributed by atoms with van der Waals surface area (Å²) in [6, 6.07) is 41.6. The van der Waals surface area contributed by atoms with Crippen molar-refractivity contribution in [3.63, 3.8) is 0 Å². The first-order chi connectivity index (χ1) is 28.0. The molecule has 13 heteroatoms. The molecule has 0 spiro atoms. The average molecular weight is 739 g/mol. The average Bonchev–Trinajstić information content (AvgIpc) is 3.82. The Kier molecular flexibility index (Phi) is 9.43. The van der Waals surface area contributed by atoms with E-state index in [2.05, 4.69) is 116 Å². The van der Waals surface area contributed by atoms with E-state index >= 15 is 0 Å². The minimum atomic E-state index is 0.402. The summed E-state index contributed by atoms with van der Waals surface area (Å²) < 4.78 is 9.08. The van der Waals surface area contributed by atoms with Crippen molar-refractivity contribution in [2.24, 2.45) is 15.7 Å². The van der Waals surface area contributed by atoms with E-state index < -0.39 is 0 Å². The van der Waals surface area contributed by atoms with E-state index in [9.17, 15) is 0 Å². The fourth-order valence-corrected chi connectivity index (χ4v) is 8.95. The maximum Gasteiger partial charge on any atom is 0.157 e. The predicted molar refractivity (Wildman–Crippen MR) is 273 cm³/mol. The van der Waals surface area contributed by atoms with Crippen LogP contribution in [-0.2, 0) is 6.54 Å². The van der Waals surface area contributed by atoms with Crippen LogP contribution in [0.2, 0.25) is 0 Å². The maximum absolute atomic E-state index is 6.54. The Bertz CT molecular complexity index is 3120. The number of hydrogen-bond acceptors (Lipinski definition) is 2. The molecule has 2 N–H and O–H groups in total. The molecule has 0 fully saturated rings. The van der Waals surface area contributed by atoms with Gasteiger partial charge in [-0.1, -0.05) is 130 Å². The Morgan fingerprint density at radius 1 is 0.534 bits per heavy atom. The molecule has 58 heavy (non-hydrogen) atoms. The van der Waals surface area contributed by atoms with E-state index in [1.54, 1.807) is 0 Å². The fraction of sp³-hybridized carbons (Fsp3) is 0.0222. The number of rotatable bonds is 6. The van der Waals surface area contributed by atoms with Crippen molar-refractivity contribution in [2.75, 3.05) is 0 Å². The lowest BCUT2D eigenvalue weighted by molar-refractivity contribution is 0.668. The highest BCUT2D eigenvalue weighted by Gasteiger charge is 2.24. The quantitative estimate of drug-likeness (QED) is 0.111. The Balaban J connectivity index is 1.24. The van der Waals surface area contributed by atoms with Crippen LogP contribution in [-0.4, -0.2) is 79.0 Å². The molecule has 270 valence electrons. The molecule has 0 radical (unpaired) electrons. The maximum atomic E-state index is 6.54. The van der Waals surface area contributed by atoms with E-state index in [0.29, 0.717) is 18.2 Å². The van der Waals surface area contributed by atoms with Crippen LogP contribution in [0.5, 0.6) is 0 Å². The summed E-state index contributed by atoms with van der Waals surface area (Å²) in [4.78, 5) is 9.97. The summed E-state index contributed by atoms with van der Waals surface area (Å²) in [5.74, 6) is 1.01. The van der Waals surface area contributed by atoms with Gasteiger partial charge in [0.05, 0.1) is 12.2 Å². The lowest BCUT2D eigenvalue weighted by Gasteiger charge is -2.19. The first kappa shape index (κ1) is 37.4. The first-order valence-corrected chi connectivity index (χ1v) is 20.1. The zero-order valence-electron chi connectivity index (χ0n) is 34.6. The molecular formula is C45H40B8N4O. The molecule has 0 atom stereocenters. The SMILES string of the molecule is Bc1c(B)c(B)c2c(c1B)c1c(B)c(B)c(B)c(B)c1n2-c1ccccc1-c1ccc2oc3cccc(C/N=C(\N=C(/N)c4ccccc4)c4ccccc4)c3c2c1. The van der Waals surface area contributed by atoms with Crippen LogP contribution in [0.15, 0.2) is 136 Å². The summed E-state index contributed by atoms with van der Waals surface area (Å²) in [6.07, 6.45) is 0. The number of aromatic nitrogens is 1. The normalized spacial score (nSPS) is 12.3. The van der Waals surface area contributed by atoms with Gasteiger partial charge in [-0.3, -0.25) is 4.99 Å². The van der Waals surface area contributed by atoms with Gasteiger partial charge in [0.25, 0.3) is 0 Å². The molecule has 9 aromatic rings. The van der Waals surface area contributed by atoms with Crippen molar-refractivity contribution >= 4 is 162 Å². The molecule has 0 unspecified atom stereocenters. The van der Waals surface area contributed by atoms with Crippen molar-refractivity contribution in [3.8, 4) is 16.8 Å². The number of aliphatic imine (C=N–C) groups is 2. The largest absolute Gasteiger partial charge is 0.456 e. The van der Waals surface area contributed by atoms with Crippen LogP contribution in [0.4, 0.5) is 0 Å². The van der Waals surface area contributed by atoms with Crippen LogP contribution in [0, 0.1) is 0 Å². The van der Waals surface area contributed by atoms with Crippen molar-refractivity contribution in [1.82, 2.24) is 4.57 Å². The molecule has 0 saturated heterocycles. The number of para-hydroxylation sites is 1. The lowest BCUT2D eigenvalue weighted by atomic mass is 9.63. The van der Waals surface area contributed by atoms with Gasteiger partial charge in [-0.2, -0.15) is 0 Å². The van der Waals surface area contributed by atoms with Gasteiger partial charge < -0.3 is 14.7 Å². The van der Waals surface area contributed by atoms with Crippen molar-refractivity contribution in [1.29, 1.82) is 0 Å². The molecule has 2 aromatic heterocycles. The van der Waals surface area contributed by atoms with Gasteiger partial charge in [-0.25, -0.2) is 4.99 Å². The molecule has 2 heterocycles. The number of amidine groups is 2. The summed E-state index contributed by atoms with van der Waals surface area (Å²) in [5, 5.41) is 4.83. The lowest BCUT2D eigenvalue weighted by Crippen LogP contribution is -2.49. The molecule has 5 nitrogen and oxygen atoms in total. The van der Waals surface area contributed by atoms with E-state index in [-0.39, 0.29) is 0 Å². The molecular weight excluding hydrogens is 699 g/mol. The van der Waals surface area contributed by atoms with Crippen LogP contribution in [0.1, 0.15) is 16.7 Å². The van der Waals surface area contributed by atoms with Crippen LogP contribution in [0.25, 0.3) is 60.6 Å². The van der Waals surface area contributed by atoms with Crippen molar-refractivity contribution in [2.45, 2.75) is 6.54 Å². The van der Waals surface area contributed by atoms with E-state index in [0.717, 1.165) is 55.4 Å². The van der Waals surface area contributed by atoms with Gasteiger partial charge in [-0.05, 0) is 46.2 Å². The summed E-state index contributed by atoms with van der Waals surface area (Å²) in [7, 11) is 18.3. The van der Waals surface area contributed by atoms with Crippen LogP contribution < -0.4 is 49.4 Å². The van der Waals surface area contributed by atoms with Gasteiger partial charge >= 0.3 is 0 Å². The Morgan fingerprint density at radius 3 is 1.74 bits per heavy atom. The topological polar surface area (TPSA) is 68.8 Å². The van der Waals surface area contributed by atoms with Gasteiger partial charge in [0.1, 0.15) is 79.8 Å². The molecule has 0 aliphatic rings. The van der Waals surface area contributed by atoms with Gasteiger partial charge in [0.2, 0.25) is 0 Å². The second kappa shape index (κ2) is 14.6. The number of nitrogens with zero attached hydrogens (tertiary/aromatic N) is 3.